The molecule has 6 nitrogen and oxygen atoms in total. The van der Waals surface area contributed by atoms with Gasteiger partial charge in [-0.25, -0.2) is 8.42 Å². The maximum Gasteiger partial charge on any atom is 0.270 e. The molecule has 122 valence electrons. The highest BCUT2D eigenvalue weighted by atomic mass is 32.2. The molecule has 0 radical (unpaired) electrons. The molecule has 0 aromatic carbocycles. The van der Waals surface area contributed by atoms with Crippen molar-refractivity contribution in [3.05, 3.63) is 17.5 Å². The summed E-state index contributed by atoms with van der Waals surface area (Å²) in [5.41, 5.74) is 1.10. The molecular weight excluding hydrogens is 302 g/mol. The van der Waals surface area contributed by atoms with Gasteiger partial charge >= 0.3 is 0 Å². The lowest BCUT2D eigenvalue weighted by Crippen LogP contribution is -2.29. The van der Waals surface area contributed by atoms with Crippen LogP contribution in [0, 0.1) is 6.92 Å². The summed E-state index contributed by atoms with van der Waals surface area (Å²) in [5, 5.41) is 0. The van der Waals surface area contributed by atoms with Gasteiger partial charge in [0.2, 0.25) is 10.0 Å². The largest absolute Gasteiger partial charge is 0.343 e. The summed E-state index contributed by atoms with van der Waals surface area (Å²) < 4.78 is 28.7. The molecule has 3 rings (SSSR count). The van der Waals surface area contributed by atoms with E-state index < -0.39 is 10.0 Å². The maximum atomic E-state index is 12.8. The third kappa shape index (κ3) is 2.46. The van der Waals surface area contributed by atoms with Crippen molar-refractivity contribution >= 4 is 15.9 Å². The Bertz CT molecular complexity index is 681. The first-order valence-electron chi connectivity index (χ1n) is 7.88. The second-order valence-electron chi connectivity index (χ2n) is 6.15. The van der Waals surface area contributed by atoms with Gasteiger partial charge in [-0.15, -0.1) is 0 Å². The van der Waals surface area contributed by atoms with Gasteiger partial charge in [0, 0.05) is 38.9 Å². The van der Waals surface area contributed by atoms with Gasteiger partial charge in [-0.05, 0) is 38.7 Å². The van der Waals surface area contributed by atoms with Crippen molar-refractivity contribution in [2.24, 2.45) is 7.05 Å². The average Bonchev–Trinajstić information content (AvgIpc) is 3.21. The highest BCUT2D eigenvalue weighted by molar-refractivity contribution is 7.89. The SMILES string of the molecule is Cc1c(S(=O)(=O)N2CCCC2)cc(C(=O)N2CCCC2)n1C. The lowest BCUT2D eigenvalue weighted by atomic mass is 10.3. The van der Waals surface area contributed by atoms with Gasteiger partial charge in [-0.3, -0.25) is 4.79 Å². The second-order valence-corrected chi connectivity index (χ2v) is 8.06. The van der Waals surface area contributed by atoms with Crippen LogP contribution < -0.4 is 0 Å². The van der Waals surface area contributed by atoms with E-state index in [0.29, 0.717) is 24.5 Å². The molecule has 0 bridgehead atoms. The average molecular weight is 325 g/mol. The number of amides is 1. The van der Waals surface area contributed by atoms with Crippen LogP contribution in [0.2, 0.25) is 0 Å². The Hall–Kier alpha value is -1.34. The summed E-state index contributed by atoms with van der Waals surface area (Å²) in [6.07, 6.45) is 3.86. The third-order valence-corrected chi connectivity index (χ3v) is 6.80. The van der Waals surface area contributed by atoms with Crippen LogP contribution in [0.5, 0.6) is 0 Å². The molecule has 0 aliphatic carbocycles. The fourth-order valence-electron chi connectivity index (χ4n) is 3.29. The lowest BCUT2D eigenvalue weighted by Gasteiger charge is -2.15. The second kappa shape index (κ2) is 5.70. The van der Waals surface area contributed by atoms with Crippen molar-refractivity contribution in [2.75, 3.05) is 26.2 Å². The van der Waals surface area contributed by atoms with Crippen molar-refractivity contribution in [1.29, 1.82) is 0 Å². The molecule has 2 fully saturated rings. The molecule has 2 aliphatic rings. The molecule has 2 aliphatic heterocycles. The van der Waals surface area contributed by atoms with E-state index in [0.717, 1.165) is 38.8 Å². The van der Waals surface area contributed by atoms with Gasteiger partial charge in [-0.2, -0.15) is 4.31 Å². The Morgan fingerprint density at radius 1 is 1.05 bits per heavy atom. The number of aromatic nitrogens is 1. The number of carbonyl (C=O) groups excluding carboxylic acids is 1. The molecule has 1 aromatic rings. The van der Waals surface area contributed by atoms with Crippen LogP contribution in [0.15, 0.2) is 11.0 Å². The van der Waals surface area contributed by atoms with Gasteiger partial charge in [0.05, 0.1) is 0 Å². The van der Waals surface area contributed by atoms with E-state index in [-0.39, 0.29) is 10.8 Å². The summed E-state index contributed by atoms with van der Waals surface area (Å²) in [5.74, 6) is -0.0639. The first-order valence-corrected chi connectivity index (χ1v) is 9.32. The molecule has 0 spiro atoms. The van der Waals surface area contributed by atoms with Crippen LogP contribution >= 0.6 is 0 Å². The zero-order chi connectivity index (χ0) is 15.9. The lowest BCUT2D eigenvalue weighted by molar-refractivity contribution is 0.0783. The van der Waals surface area contributed by atoms with E-state index in [2.05, 4.69) is 0 Å². The molecule has 7 heteroatoms. The quantitative estimate of drug-likeness (QED) is 0.843. The zero-order valence-electron chi connectivity index (χ0n) is 13.2. The first-order chi connectivity index (χ1) is 10.4. The molecule has 0 N–H and O–H groups in total. The minimum atomic E-state index is -3.49. The monoisotopic (exact) mass is 325 g/mol. The maximum absolute atomic E-state index is 12.8. The molecule has 1 amide bonds. The van der Waals surface area contributed by atoms with Gasteiger partial charge in [0.25, 0.3) is 5.91 Å². The molecule has 3 heterocycles. The number of hydrogen-bond acceptors (Lipinski definition) is 3. The number of likely N-dealkylation sites (tertiary alicyclic amines) is 1. The molecule has 2 saturated heterocycles. The number of sulfonamides is 1. The van der Waals surface area contributed by atoms with Gasteiger partial charge in [0.1, 0.15) is 10.6 Å². The van der Waals surface area contributed by atoms with E-state index >= 15 is 0 Å². The summed E-state index contributed by atoms with van der Waals surface area (Å²) in [6.45, 7) is 4.44. The highest BCUT2D eigenvalue weighted by Gasteiger charge is 2.32. The summed E-state index contributed by atoms with van der Waals surface area (Å²) in [7, 11) is -1.72. The van der Waals surface area contributed by atoms with Crippen LogP contribution in [-0.2, 0) is 17.1 Å². The van der Waals surface area contributed by atoms with Gasteiger partial charge < -0.3 is 9.47 Å². The van der Waals surface area contributed by atoms with Gasteiger partial charge in [-0.1, -0.05) is 0 Å². The summed E-state index contributed by atoms with van der Waals surface area (Å²) in [6, 6.07) is 1.56. The Kier molecular flexibility index (Phi) is 4.03. The van der Waals surface area contributed by atoms with E-state index in [1.165, 1.54) is 4.31 Å². The van der Waals surface area contributed by atoms with Gasteiger partial charge in [0.15, 0.2) is 0 Å². The molecule has 1 aromatic heterocycles. The van der Waals surface area contributed by atoms with Crippen LogP contribution in [0.25, 0.3) is 0 Å². The van der Waals surface area contributed by atoms with Crippen molar-refractivity contribution in [1.82, 2.24) is 13.8 Å². The van der Waals surface area contributed by atoms with E-state index in [9.17, 15) is 13.2 Å². The van der Waals surface area contributed by atoms with Crippen molar-refractivity contribution in [2.45, 2.75) is 37.5 Å². The third-order valence-electron chi connectivity index (χ3n) is 4.78. The Morgan fingerprint density at radius 3 is 2.18 bits per heavy atom. The molecular formula is C15H23N3O3S. The normalized spacial score (nSPS) is 20.0. The van der Waals surface area contributed by atoms with E-state index in [4.69, 9.17) is 0 Å². The van der Waals surface area contributed by atoms with Crippen molar-refractivity contribution in [3.63, 3.8) is 0 Å². The van der Waals surface area contributed by atoms with Crippen LogP contribution in [0.1, 0.15) is 41.9 Å². The minimum absolute atomic E-state index is 0.0639. The topological polar surface area (TPSA) is 62.6 Å². The first kappa shape index (κ1) is 15.6. The molecule has 0 atom stereocenters. The fourth-order valence-corrected chi connectivity index (χ4v) is 5.08. The van der Waals surface area contributed by atoms with Crippen LogP contribution in [0.3, 0.4) is 0 Å². The Labute approximate surface area is 131 Å². The summed E-state index contributed by atoms with van der Waals surface area (Å²) in [4.78, 5) is 14.7. The van der Waals surface area contributed by atoms with E-state index in [1.54, 1.807) is 29.5 Å². The molecule has 0 saturated carbocycles. The highest BCUT2D eigenvalue weighted by Crippen LogP contribution is 2.27. The van der Waals surface area contributed by atoms with Crippen molar-refractivity contribution in [3.8, 4) is 0 Å². The van der Waals surface area contributed by atoms with Crippen LogP contribution in [-0.4, -0.2) is 54.3 Å². The number of carbonyl (C=O) groups is 1. The fraction of sp³-hybridized carbons (Fsp3) is 0.667. The standard InChI is InChI=1S/C15H23N3O3S/c1-12-14(22(20,21)18-9-5-6-10-18)11-13(16(12)2)15(19)17-7-3-4-8-17/h11H,3-10H2,1-2H3. The molecule has 0 unspecified atom stereocenters. The summed E-state index contributed by atoms with van der Waals surface area (Å²) >= 11 is 0. The zero-order valence-corrected chi connectivity index (χ0v) is 14.0. The Morgan fingerprint density at radius 2 is 1.59 bits per heavy atom. The van der Waals surface area contributed by atoms with Crippen LogP contribution in [0.4, 0.5) is 0 Å². The Balaban J connectivity index is 1.96. The molecule has 22 heavy (non-hydrogen) atoms. The smallest absolute Gasteiger partial charge is 0.270 e. The number of nitrogens with zero attached hydrogens (tertiary/aromatic N) is 3. The minimum Gasteiger partial charge on any atom is -0.343 e. The van der Waals surface area contributed by atoms with E-state index in [1.807, 2.05) is 0 Å². The predicted octanol–water partition coefficient (Wildman–Crippen LogP) is 1.35. The van der Waals surface area contributed by atoms with Crippen molar-refractivity contribution < 1.29 is 13.2 Å². The number of hydrogen-bond donors (Lipinski definition) is 0. The predicted molar refractivity (Wildman–Crippen MR) is 83.3 cm³/mol. The number of rotatable bonds is 3.